The van der Waals surface area contributed by atoms with Gasteiger partial charge in [0.1, 0.15) is 0 Å². The fourth-order valence-electron chi connectivity index (χ4n) is 0. The van der Waals surface area contributed by atoms with Gasteiger partial charge in [0, 0.05) is 0 Å². The zero-order valence-electron chi connectivity index (χ0n) is 6.08. The summed E-state index contributed by atoms with van der Waals surface area (Å²) >= 11 is 0. The van der Waals surface area contributed by atoms with Crippen LogP contribution in [0.3, 0.4) is 0 Å². The van der Waals surface area contributed by atoms with Crippen molar-refractivity contribution in [1.82, 2.24) is 0 Å². The van der Waals surface area contributed by atoms with E-state index in [1.165, 1.54) is 0 Å². The average molecular weight is 202 g/mol. The van der Waals surface area contributed by atoms with E-state index in [-0.39, 0.29) is 127 Å². The smallest absolute Gasteiger partial charge is 0.822 e. The molecule has 0 aliphatic heterocycles. The van der Waals surface area contributed by atoms with Crippen molar-refractivity contribution in [2.45, 2.75) is 0 Å². The first kappa shape index (κ1) is 36.8. The van der Waals surface area contributed by atoms with Crippen molar-refractivity contribution >= 4 is 16.2 Å². The van der Waals surface area contributed by atoms with Crippen LogP contribution >= 0.6 is 7.82 Å². The maximum absolute atomic E-state index is 8.55. The van der Waals surface area contributed by atoms with Gasteiger partial charge >= 0.3 is 118 Å². The average Bonchev–Trinajstić information content (AvgIpc) is 0.722. The minimum Gasteiger partial charge on any atom is -0.822 e. The molecule has 0 aliphatic carbocycles. The number of hydrogen-bond donors (Lipinski definition) is 0. The SMILES string of the molecule is O=P([O-])([O-])[O-].[BH4-].[Na+].[Na+].[Na+].[Na+]. The molecule has 0 heterocycles. The second-order valence-corrected chi connectivity index (χ2v) is 1.34. The molecule has 0 saturated carbocycles. The minimum atomic E-state index is -5.39. The van der Waals surface area contributed by atoms with Crippen molar-refractivity contribution in [3.63, 3.8) is 0 Å². The van der Waals surface area contributed by atoms with Crippen LogP contribution < -0.4 is 133 Å². The fraction of sp³-hybridized carbons (Fsp3) is 0. The van der Waals surface area contributed by atoms with Crippen molar-refractivity contribution in [1.29, 1.82) is 0 Å². The molecule has 0 N–H and O–H groups in total. The van der Waals surface area contributed by atoms with Gasteiger partial charge in [-0.25, -0.2) is 0 Å². The van der Waals surface area contributed by atoms with E-state index in [0.717, 1.165) is 0 Å². The molecule has 0 aliphatic rings. The molecule has 10 heavy (non-hydrogen) atoms. The molecular weight excluding hydrogens is 198 g/mol. The van der Waals surface area contributed by atoms with E-state index in [1.807, 2.05) is 0 Å². The van der Waals surface area contributed by atoms with Crippen LogP contribution in [0.5, 0.6) is 0 Å². The number of phosphoric acid groups is 1. The Morgan fingerprint density at radius 3 is 0.800 bits per heavy atom. The van der Waals surface area contributed by atoms with Gasteiger partial charge in [-0.15, -0.1) is 0 Å². The Bertz CT molecular complexity index is 63.4. The Balaban J connectivity index is -0.00000000800. The predicted octanol–water partition coefficient (Wildman–Crippen LogP) is -16.3. The van der Waals surface area contributed by atoms with Crippen LogP contribution in [0.1, 0.15) is 0 Å². The van der Waals surface area contributed by atoms with Gasteiger partial charge in [0.25, 0.3) is 0 Å². The standard InChI is InChI=1S/BH4.4Na.H3O4P/c;;;;;1-5(2,3)4/h1H4;;;;;(H3,1,2,3,4)/q-1;4*+1;/p-3. The summed E-state index contributed by atoms with van der Waals surface area (Å²) in [6, 6.07) is 0. The van der Waals surface area contributed by atoms with Crippen LogP contribution in [0.25, 0.3) is 0 Å². The quantitative estimate of drug-likeness (QED) is 0.288. The van der Waals surface area contributed by atoms with Gasteiger partial charge < -0.3 is 19.2 Å². The van der Waals surface area contributed by atoms with Crippen LogP contribution in [0.15, 0.2) is 0 Å². The molecule has 0 unspecified atom stereocenters. The molecule has 0 aromatic rings. The third-order valence-electron chi connectivity index (χ3n) is 0. The van der Waals surface area contributed by atoms with Crippen molar-refractivity contribution in [3.05, 3.63) is 0 Å². The fourth-order valence-corrected chi connectivity index (χ4v) is 0. The topological polar surface area (TPSA) is 86.2 Å². The first-order chi connectivity index (χ1) is 2.00. The Hall–Kier alpha value is 4.17. The third kappa shape index (κ3) is 87.2. The molecule has 0 bridgehead atoms. The maximum atomic E-state index is 8.55. The van der Waals surface area contributed by atoms with Gasteiger partial charge in [-0.05, 0) is 0 Å². The van der Waals surface area contributed by atoms with Crippen LogP contribution in [-0.2, 0) is 4.57 Å². The van der Waals surface area contributed by atoms with E-state index < -0.39 is 7.82 Å². The molecule has 4 nitrogen and oxygen atoms in total. The first-order valence-corrected chi connectivity index (χ1v) is 2.19. The molecular formula is H4BNa4O4P. The van der Waals surface area contributed by atoms with Gasteiger partial charge in [0.15, 0.2) is 0 Å². The maximum Gasteiger partial charge on any atom is 1.00 e. The van der Waals surface area contributed by atoms with E-state index in [2.05, 4.69) is 0 Å². The van der Waals surface area contributed by atoms with Crippen molar-refractivity contribution in [3.8, 4) is 0 Å². The summed E-state index contributed by atoms with van der Waals surface area (Å²) in [4.78, 5) is 25.6. The van der Waals surface area contributed by atoms with Crippen molar-refractivity contribution < 1.29 is 137 Å². The van der Waals surface area contributed by atoms with Crippen LogP contribution in [0.4, 0.5) is 0 Å². The van der Waals surface area contributed by atoms with Crippen LogP contribution in [0, 0.1) is 0 Å². The summed E-state index contributed by atoms with van der Waals surface area (Å²) in [5, 5.41) is 0. The second kappa shape index (κ2) is 18.9. The molecule has 0 aromatic carbocycles. The normalized spacial score (nSPS) is 5.90. The van der Waals surface area contributed by atoms with Gasteiger partial charge in [-0.1, -0.05) is 8.41 Å². The van der Waals surface area contributed by atoms with Crippen molar-refractivity contribution in [2.24, 2.45) is 0 Å². The van der Waals surface area contributed by atoms with E-state index >= 15 is 0 Å². The molecule has 0 amide bonds. The molecule has 0 rings (SSSR count). The molecule has 0 aromatic heterocycles. The molecule has 0 fully saturated rings. The van der Waals surface area contributed by atoms with Crippen LogP contribution in [0.2, 0.25) is 0 Å². The Morgan fingerprint density at radius 1 is 0.800 bits per heavy atom. The van der Waals surface area contributed by atoms with E-state index in [9.17, 15) is 0 Å². The molecule has 0 saturated heterocycles. The van der Waals surface area contributed by atoms with Gasteiger partial charge in [-0.3, -0.25) is 0 Å². The minimum absolute atomic E-state index is 0. The Kier molecular flexibility index (Phi) is 69.4. The summed E-state index contributed by atoms with van der Waals surface area (Å²) in [5.74, 6) is 0. The molecule has 0 spiro atoms. The van der Waals surface area contributed by atoms with Crippen LogP contribution in [-0.4, -0.2) is 8.41 Å². The van der Waals surface area contributed by atoms with Gasteiger partial charge in [-0.2, -0.15) is 7.82 Å². The number of rotatable bonds is 0. The summed E-state index contributed by atoms with van der Waals surface area (Å²) in [5.41, 5.74) is 0. The van der Waals surface area contributed by atoms with E-state index in [4.69, 9.17) is 19.2 Å². The zero-order chi connectivity index (χ0) is 4.50. The summed E-state index contributed by atoms with van der Waals surface area (Å²) in [7, 11) is -5.39. The Morgan fingerprint density at radius 2 is 0.800 bits per heavy atom. The monoisotopic (exact) mass is 202 g/mol. The summed E-state index contributed by atoms with van der Waals surface area (Å²) in [6.07, 6.45) is 0. The Labute approximate surface area is 150 Å². The first-order valence-electron chi connectivity index (χ1n) is 0.730. The van der Waals surface area contributed by atoms with Gasteiger partial charge in [0.2, 0.25) is 0 Å². The zero-order valence-corrected chi connectivity index (χ0v) is 15.0. The molecule has 40 valence electrons. The number of hydrogen-bond acceptors (Lipinski definition) is 4. The molecule has 10 heteroatoms. The largest absolute Gasteiger partial charge is 1.00 e. The van der Waals surface area contributed by atoms with Gasteiger partial charge in [0.05, 0.1) is 0 Å². The van der Waals surface area contributed by atoms with E-state index in [0.29, 0.717) is 0 Å². The molecule has 0 radical (unpaired) electrons. The summed E-state index contributed by atoms with van der Waals surface area (Å²) < 4.78 is 8.55. The predicted molar refractivity (Wildman–Crippen MR) is 18.9 cm³/mol. The van der Waals surface area contributed by atoms with E-state index in [1.54, 1.807) is 0 Å². The third-order valence-corrected chi connectivity index (χ3v) is 0. The summed E-state index contributed by atoms with van der Waals surface area (Å²) in [6.45, 7) is 0. The molecule has 0 atom stereocenters. The second-order valence-electron chi connectivity index (χ2n) is 0.447. The van der Waals surface area contributed by atoms with Crippen molar-refractivity contribution in [2.75, 3.05) is 0 Å².